The number of benzene rings is 1. The number of nitrogens with zero attached hydrogens (tertiary/aromatic N) is 2. The van der Waals surface area contributed by atoms with Gasteiger partial charge < -0.3 is 14.6 Å². The van der Waals surface area contributed by atoms with Crippen LogP contribution in [0.5, 0.6) is 0 Å². The van der Waals surface area contributed by atoms with E-state index in [1.54, 1.807) is 0 Å². The van der Waals surface area contributed by atoms with Crippen LogP contribution in [0.3, 0.4) is 0 Å². The van der Waals surface area contributed by atoms with E-state index in [0.29, 0.717) is 12.6 Å². The van der Waals surface area contributed by atoms with Crippen LogP contribution in [0.25, 0.3) is 0 Å². The number of ether oxygens (including phenoxy) is 1. The number of rotatable bonds is 6. The SMILES string of the molecule is O=C(NCC1CN(Cc2ccccc2)CCCO1)c1cccn1C1CC1. The Kier molecular flexibility index (Phi) is 5.37. The van der Waals surface area contributed by atoms with E-state index in [-0.39, 0.29) is 12.0 Å². The molecule has 1 amide bonds. The topological polar surface area (TPSA) is 46.5 Å². The molecule has 138 valence electrons. The van der Waals surface area contributed by atoms with Crippen molar-refractivity contribution in [3.8, 4) is 0 Å². The van der Waals surface area contributed by atoms with E-state index in [2.05, 4.69) is 39.0 Å². The maximum absolute atomic E-state index is 12.6. The van der Waals surface area contributed by atoms with E-state index < -0.39 is 0 Å². The third-order valence-corrected chi connectivity index (χ3v) is 5.13. The number of hydrogen-bond acceptors (Lipinski definition) is 3. The zero-order valence-corrected chi connectivity index (χ0v) is 15.1. The quantitative estimate of drug-likeness (QED) is 0.869. The number of amides is 1. The van der Waals surface area contributed by atoms with Crippen molar-refractivity contribution in [1.29, 1.82) is 0 Å². The highest BCUT2D eigenvalue weighted by atomic mass is 16.5. The van der Waals surface area contributed by atoms with E-state index in [9.17, 15) is 4.79 Å². The molecule has 1 aromatic carbocycles. The summed E-state index contributed by atoms with van der Waals surface area (Å²) in [5.41, 5.74) is 2.08. The van der Waals surface area contributed by atoms with Crippen molar-refractivity contribution in [2.75, 3.05) is 26.2 Å². The van der Waals surface area contributed by atoms with Crippen molar-refractivity contribution in [3.05, 3.63) is 59.9 Å². The van der Waals surface area contributed by atoms with Crippen molar-refractivity contribution < 1.29 is 9.53 Å². The number of aromatic nitrogens is 1. The van der Waals surface area contributed by atoms with Gasteiger partial charge in [-0.15, -0.1) is 0 Å². The molecule has 2 fully saturated rings. The smallest absolute Gasteiger partial charge is 0.268 e. The second-order valence-corrected chi connectivity index (χ2v) is 7.31. The zero-order valence-electron chi connectivity index (χ0n) is 15.1. The van der Waals surface area contributed by atoms with Crippen molar-refractivity contribution >= 4 is 5.91 Å². The maximum Gasteiger partial charge on any atom is 0.268 e. The number of carbonyl (C=O) groups excluding carboxylic acids is 1. The molecule has 5 heteroatoms. The van der Waals surface area contributed by atoms with E-state index in [0.717, 1.165) is 38.4 Å². The molecule has 0 radical (unpaired) electrons. The van der Waals surface area contributed by atoms with Crippen LogP contribution in [0.15, 0.2) is 48.7 Å². The van der Waals surface area contributed by atoms with Crippen LogP contribution in [0.4, 0.5) is 0 Å². The Bertz CT molecular complexity index is 724. The lowest BCUT2D eigenvalue weighted by Gasteiger charge is -2.24. The molecule has 1 aliphatic heterocycles. The first-order valence-electron chi connectivity index (χ1n) is 9.62. The molecule has 2 aliphatic rings. The number of hydrogen-bond donors (Lipinski definition) is 1. The van der Waals surface area contributed by atoms with Crippen molar-refractivity contribution in [1.82, 2.24) is 14.8 Å². The minimum absolute atomic E-state index is 0.00403. The van der Waals surface area contributed by atoms with Crippen molar-refractivity contribution in [2.24, 2.45) is 0 Å². The number of nitrogens with one attached hydrogen (secondary N) is 1. The van der Waals surface area contributed by atoms with E-state index in [1.165, 1.54) is 18.4 Å². The summed E-state index contributed by atoms with van der Waals surface area (Å²) in [5, 5.41) is 3.08. The monoisotopic (exact) mass is 353 g/mol. The molecule has 1 N–H and O–H groups in total. The molecular formula is C21H27N3O2. The molecule has 1 atom stereocenters. The molecule has 4 rings (SSSR count). The van der Waals surface area contributed by atoms with Gasteiger partial charge in [-0.2, -0.15) is 0 Å². The molecule has 2 heterocycles. The van der Waals surface area contributed by atoms with Gasteiger partial charge in [-0.3, -0.25) is 9.69 Å². The van der Waals surface area contributed by atoms with Gasteiger partial charge in [0.25, 0.3) is 5.91 Å². The first-order chi connectivity index (χ1) is 12.8. The van der Waals surface area contributed by atoms with Gasteiger partial charge in [0.1, 0.15) is 5.69 Å². The summed E-state index contributed by atoms with van der Waals surface area (Å²) >= 11 is 0. The fourth-order valence-corrected chi connectivity index (χ4v) is 3.63. The van der Waals surface area contributed by atoms with Crippen LogP contribution < -0.4 is 5.32 Å². The zero-order chi connectivity index (χ0) is 17.8. The van der Waals surface area contributed by atoms with Crippen molar-refractivity contribution in [2.45, 2.75) is 38.0 Å². The third-order valence-electron chi connectivity index (χ3n) is 5.13. The summed E-state index contributed by atoms with van der Waals surface area (Å²) in [6.07, 6.45) is 5.43. The van der Waals surface area contributed by atoms with Crippen LogP contribution in [0.1, 0.15) is 41.4 Å². The lowest BCUT2D eigenvalue weighted by atomic mass is 10.2. The molecule has 1 saturated heterocycles. The van der Waals surface area contributed by atoms with E-state index in [4.69, 9.17) is 4.74 Å². The van der Waals surface area contributed by atoms with Crippen LogP contribution in [0.2, 0.25) is 0 Å². The fraction of sp³-hybridized carbons (Fsp3) is 0.476. The third kappa shape index (κ3) is 4.34. The summed E-state index contributed by atoms with van der Waals surface area (Å²) in [5.74, 6) is 0.00403. The van der Waals surface area contributed by atoms with E-state index in [1.807, 2.05) is 24.4 Å². The first-order valence-corrected chi connectivity index (χ1v) is 9.62. The Labute approximate surface area is 154 Å². The lowest BCUT2D eigenvalue weighted by molar-refractivity contribution is 0.0509. The largest absolute Gasteiger partial charge is 0.375 e. The molecule has 1 saturated carbocycles. The van der Waals surface area contributed by atoms with Crippen LogP contribution in [0, 0.1) is 0 Å². The minimum atomic E-state index is 0.00403. The Morgan fingerprint density at radius 2 is 2.00 bits per heavy atom. The Balaban J connectivity index is 1.31. The van der Waals surface area contributed by atoms with Crippen LogP contribution >= 0.6 is 0 Å². The van der Waals surface area contributed by atoms with E-state index >= 15 is 0 Å². The van der Waals surface area contributed by atoms with Gasteiger partial charge in [0.15, 0.2) is 0 Å². The highest BCUT2D eigenvalue weighted by Crippen LogP contribution is 2.35. The van der Waals surface area contributed by atoms with Crippen molar-refractivity contribution in [3.63, 3.8) is 0 Å². The predicted octanol–water partition coefficient (Wildman–Crippen LogP) is 2.84. The standard InChI is InChI=1S/C21H27N3O2/c25-21(20-8-4-12-24(20)18-9-10-18)22-14-19-16-23(11-5-13-26-19)15-17-6-2-1-3-7-17/h1-4,6-8,12,18-19H,5,9-11,13-16H2,(H,22,25). The normalized spacial score (nSPS) is 21.3. The molecule has 2 aromatic rings. The van der Waals surface area contributed by atoms with Gasteiger partial charge in [0, 0.05) is 45.0 Å². The lowest BCUT2D eigenvalue weighted by Crippen LogP contribution is -2.40. The summed E-state index contributed by atoms with van der Waals surface area (Å²) in [6.45, 7) is 4.12. The Morgan fingerprint density at radius 1 is 1.15 bits per heavy atom. The highest BCUT2D eigenvalue weighted by molar-refractivity contribution is 5.92. The summed E-state index contributed by atoms with van der Waals surface area (Å²) in [7, 11) is 0. The van der Waals surface area contributed by atoms with Gasteiger partial charge in [-0.1, -0.05) is 30.3 Å². The summed E-state index contributed by atoms with van der Waals surface area (Å²) in [4.78, 5) is 15.0. The predicted molar refractivity (Wildman–Crippen MR) is 101 cm³/mol. The van der Waals surface area contributed by atoms with Crippen LogP contribution in [-0.4, -0.2) is 47.7 Å². The maximum atomic E-state index is 12.6. The molecule has 1 unspecified atom stereocenters. The molecule has 1 aromatic heterocycles. The second kappa shape index (κ2) is 8.06. The molecule has 0 bridgehead atoms. The Hall–Kier alpha value is -2.11. The molecule has 26 heavy (non-hydrogen) atoms. The average Bonchev–Trinajstić information content (AvgIpc) is 3.43. The molecular weight excluding hydrogens is 326 g/mol. The number of carbonyl (C=O) groups is 1. The second-order valence-electron chi connectivity index (χ2n) is 7.31. The van der Waals surface area contributed by atoms with Crippen LogP contribution in [-0.2, 0) is 11.3 Å². The van der Waals surface area contributed by atoms with Gasteiger partial charge in [-0.05, 0) is 37.0 Å². The first kappa shape index (κ1) is 17.3. The molecule has 5 nitrogen and oxygen atoms in total. The van der Waals surface area contributed by atoms with Gasteiger partial charge >= 0.3 is 0 Å². The minimum Gasteiger partial charge on any atom is -0.375 e. The van der Waals surface area contributed by atoms with Gasteiger partial charge in [0.2, 0.25) is 0 Å². The summed E-state index contributed by atoms with van der Waals surface area (Å²) in [6, 6.07) is 14.9. The molecule has 1 aliphatic carbocycles. The fourth-order valence-electron chi connectivity index (χ4n) is 3.63. The van der Waals surface area contributed by atoms with Gasteiger partial charge in [-0.25, -0.2) is 0 Å². The average molecular weight is 353 g/mol. The highest BCUT2D eigenvalue weighted by Gasteiger charge is 2.27. The Morgan fingerprint density at radius 3 is 2.81 bits per heavy atom. The van der Waals surface area contributed by atoms with Gasteiger partial charge in [0.05, 0.1) is 6.10 Å². The molecule has 0 spiro atoms. The summed E-state index contributed by atoms with van der Waals surface area (Å²) < 4.78 is 8.07.